The van der Waals surface area contributed by atoms with Crippen LogP contribution >= 0.6 is 0 Å². The van der Waals surface area contributed by atoms with Crippen LogP contribution < -0.4 is 5.73 Å². The van der Waals surface area contributed by atoms with Crippen LogP contribution in [0.1, 0.15) is 22.7 Å². The minimum absolute atomic E-state index is 0.0174. The van der Waals surface area contributed by atoms with Gasteiger partial charge >= 0.3 is 0 Å². The van der Waals surface area contributed by atoms with Gasteiger partial charge in [-0.1, -0.05) is 29.3 Å². The maximum absolute atomic E-state index is 13.6. The van der Waals surface area contributed by atoms with Gasteiger partial charge in [-0.3, -0.25) is 4.21 Å². The van der Waals surface area contributed by atoms with Crippen molar-refractivity contribution >= 4 is 10.8 Å². The zero-order chi connectivity index (χ0) is 15.6. The van der Waals surface area contributed by atoms with E-state index in [-0.39, 0.29) is 10.6 Å². The smallest absolute Gasteiger partial charge is 0.142 e. The molecule has 0 aliphatic heterocycles. The van der Waals surface area contributed by atoms with Gasteiger partial charge in [-0.2, -0.15) is 0 Å². The van der Waals surface area contributed by atoms with Gasteiger partial charge in [-0.15, -0.1) is 0 Å². The van der Waals surface area contributed by atoms with Gasteiger partial charge in [0, 0.05) is 17.9 Å². The van der Waals surface area contributed by atoms with Crippen LogP contribution in [-0.4, -0.2) is 9.96 Å². The lowest BCUT2D eigenvalue weighted by Crippen LogP contribution is -2.19. The summed E-state index contributed by atoms with van der Waals surface area (Å²) in [6.45, 7) is 3.92. The highest BCUT2D eigenvalue weighted by Gasteiger charge is 2.16. The van der Waals surface area contributed by atoms with E-state index in [4.69, 9.17) is 5.73 Å². The molecule has 21 heavy (non-hydrogen) atoms. The number of benzene rings is 2. The lowest BCUT2D eigenvalue weighted by molar-refractivity contribution is 0.561. The summed E-state index contributed by atoms with van der Waals surface area (Å²) in [4.78, 5) is -0.0174. The number of rotatable bonds is 4. The molecule has 0 spiro atoms. The van der Waals surface area contributed by atoms with Crippen molar-refractivity contribution in [1.29, 1.82) is 0 Å². The van der Waals surface area contributed by atoms with E-state index in [0.29, 0.717) is 0 Å². The Morgan fingerprint density at radius 1 is 1.10 bits per heavy atom. The Kier molecular flexibility index (Phi) is 4.85. The van der Waals surface area contributed by atoms with Gasteiger partial charge in [0.15, 0.2) is 0 Å². The molecular weight excluding hydrogens is 292 g/mol. The van der Waals surface area contributed by atoms with Crippen LogP contribution in [0.2, 0.25) is 0 Å². The van der Waals surface area contributed by atoms with E-state index in [2.05, 4.69) is 0 Å². The van der Waals surface area contributed by atoms with E-state index in [1.54, 1.807) is 0 Å². The lowest BCUT2D eigenvalue weighted by atomic mass is 10.0. The van der Waals surface area contributed by atoms with Crippen LogP contribution in [0, 0.1) is 25.5 Å². The Hall–Kier alpha value is -1.59. The molecule has 2 atom stereocenters. The normalized spacial score (nSPS) is 14.0. The van der Waals surface area contributed by atoms with Crippen LogP contribution in [-0.2, 0) is 10.8 Å². The molecule has 0 saturated heterocycles. The number of nitrogens with two attached hydrogens (primary N) is 1. The molecule has 0 saturated carbocycles. The molecule has 0 radical (unpaired) electrons. The maximum Gasteiger partial charge on any atom is 0.142 e. The maximum atomic E-state index is 13.6. The first-order valence-electron chi connectivity index (χ1n) is 6.54. The van der Waals surface area contributed by atoms with Gasteiger partial charge < -0.3 is 5.73 Å². The minimum Gasteiger partial charge on any atom is -0.323 e. The fourth-order valence-corrected chi connectivity index (χ4v) is 3.43. The molecule has 112 valence electrons. The molecule has 2 nitrogen and oxygen atoms in total. The lowest BCUT2D eigenvalue weighted by Gasteiger charge is -2.14. The van der Waals surface area contributed by atoms with Crippen molar-refractivity contribution in [3.8, 4) is 0 Å². The Bertz CT molecular complexity index is 668. The highest BCUT2D eigenvalue weighted by atomic mass is 32.2. The zero-order valence-electron chi connectivity index (χ0n) is 11.9. The quantitative estimate of drug-likeness (QED) is 0.941. The van der Waals surface area contributed by atoms with E-state index in [0.717, 1.165) is 28.8 Å². The Morgan fingerprint density at radius 2 is 1.71 bits per heavy atom. The fraction of sp³-hybridized carbons (Fsp3) is 0.250. The number of hydrogen-bond acceptors (Lipinski definition) is 2. The number of aryl methyl sites for hydroxylation is 2. The zero-order valence-corrected chi connectivity index (χ0v) is 12.7. The number of hydrogen-bond donors (Lipinski definition) is 1. The average molecular weight is 309 g/mol. The van der Waals surface area contributed by atoms with Crippen LogP contribution in [0.25, 0.3) is 0 Å². The van der Waals surface area contributed by atoms with E-state index < -0.39 is 28.5 Å². The Balaban J connectivity index is 2.18. The Morgan fingerprint density at radius 3 is 2.29 bits per heavy atom. The summed E-state index contributed by atoms with van der Waals surface area (Å²) in [7, 11) is -1.61. The first-order valence-corrected chi connectivity index (χ1v) is 7.86. The average Bonchev–Trinajstić information content (AvgIpc) is 2.37. The molecule has 2 N–H and O–H groups in total. The van der Waals surface area contributed by atoms with Gasteiger partial charge in [-0.25, -0.2) is 8.78 Å². The summed E-state index contributed by atoms with van der Waals surface area (Å²) in [5, 5.41) is 0. The third-order valence-corrected chi connectivity index (χ3v) is 4.63. The van der Waals surface area contributed by atoms with Crippen molar-refractivity contribution in [1.82, 2.24) is 0 Å². The van der Waals surface area contributed by atoms with E-state index in [1.807, 2.05) is 32.0 Å². The molecule has 0 aromatic heterocycles. The summed E-state index contributed by atoms with van der Waals surface area (Å²) in [5.41, 5.74) is 9.06. The topological polar surface area (TPSA) is 43.1 Å². The van der Waals surface area contributed by atoms with Crippen LogP contribution in [0.3, 0.4) is 0 Å². The van der Waals surface area contributed by atoms with Crippen molar-refractivity contribution in [3.05, 3.63) is 64.7 Å². The predicted molar refractivity (Wildman–Crippen MR) is 80.5 cm³/mol. The number of halogens is 2. The van der Waals surface area contributed by atoms with Gasteiger partial charge in [0.25, 0.3) is 0 Å². The second kappa shape index (κ2) is 6.45. The first kappa shape index (κ1) is 15.8. The van der Waals surface area contributed by atoms with Gasteiger partial charge in [0.1, 0.15) is 11.6 Å². The Labute approximate surface area is 125 Å². The largest absolute Gasteiger partial charge is 0.323 e. The van der Waals surface area contributed by atoms with Crippen molar-refractivity contribution in [2.24, 2.45) is 5.73 Å². The van der Waals surface area contributed by atoms with Gasteiger partial charge in [0.05, 0.1) is 15.7 Å². The molecule has 2 aromatic carbocycles. The fourth-order valence-electron chi connectivity index (χ4n) is 2.23. The summed E-state index contributed by atoms with van der Waals surface area (Å²) in [5.74, 6) is -1.40. The van der Waals surface area contributed by atoms with E-state index in [1.165, 1.54) is 6.07 Å². The van der Waals surface area contributed by atoms with Crippen LogP contribution in [0.4, 0.5) is 8.78 Å². The summed E-state index contributed by atoms with van der Waals surface area (Å²) >= 11 is 0. The molecule has 5 heteroatoms. The van der Waals surface area contributed by atoms with Crippen LogP contribution in [0.5, 0.6) is 0 Å². The van der Waals surface area contributed by atoms with Crippen LogP contribution in [0.15, 0.2) is 41.3 Å². The third kappa shape index (κ3) is 3.95. The molecule has 2 unspecified atom stereocenters. The van der Waals surface area contributed by atoms with E-state index >= 15 is 0 Å². The molecule has 0 bridgehead atoms. The SMILES string of the molecule is Cc1cc(C)cc(C(N)CS(=O)c2ccc(F)cc2F)c1. The highest BCUT2D eigenvalue weighted by Crippen LogP contribution is 2.20. The molecule has 0 aliphatic rings. The molecule has 0 heterocycles. The summed E-state index contributed by atoms with van der Waals surface area (Å²) in [6, 6.07) is 8.44. The minimum atomic E-state index is -1.61. The van der Waals surface area contributed by atoms with Gasteiger partial charge in [-0.05, 0) is 31.5 Å². The summed E-state index contributed by atoms with van der Waals surface area (Å²) in [6.07, 6.45) is 0. The highest BCUT2D eigenvalue weighted by molar-refractivity contribution is 7.85. The molecule has 0 amide bonds. The molecule has 2 rings (SSSR count). The molecule has 0 fully saturated rings. The van der Waals surface area contributed by atoms with E-state index in [9.17, 15) is 13.0 Å². The molecule has 2 aromatic rings. The van der Waals surface area contributed by atoms with Crippen molar-refractivity contribution < 1.29 is 13.0 Å². The van der Waals surface area contributed by atoms with Gasteiger partial charge in [0.2, 0.25) is 0 Å². The standard InChI is InChI=1S/C16H17F2NOS/c1-10-5-11(2)7-12(6-10)15(19)9-21(20)16-4-3-13(17)8-14(16)18/h3-8,15H,9,19H2,1-2H3. The second-order valence-electron chi connectivity index (χ2n) is 5.11. The van der Waals surface area contributed by atoms with Crippen molar-refractivity contribution in [2.45, 2.75) is 24.8 Å². The van der Waals surface area contributed by atoms with Crippen molar-refractivity contribution in [3.63, 3.8) is 0 Å². The molecular formula is C16H17F2NOS. The monoisotopic (exact) mass is 309 g/mol. The molecule has 0 aliphatic carbocycles. The first-order chi connectivity index (χ1) is 9.86. The predicted octanol–water partition coefficient (Wildman–Crippen LogP) is 3.39. The third-order valence-electron chi connectivity index (χ3n) is 3.14. The van der Waals surface area contributed by atoms with Crippen molar-refractivity contribution in [2.75, 3.05) is 5.75 Å². The summed E-state index contributed by atoms with van der Waals surface area (Å²) < 4.78 is 38.7. The second-order valence-corrected chi connectivity index (χ2v) is 6.58.